The Balaban J connectivity index is 1.50. The number of hydrogen-bond acceptors (Lipinski definition) is 1. The van der Waals surface area contributed by atoms with E-state index in [0.29, 0.717) is 17.8 Å². The number of anilines is 3. The standard InChI is InChI=1S/C45H42NP3/c1-28(2)31-22-37-43-38(23-31)48(35-18-12-8-13-19-35)40-25-33(30(5)6)27-42-45(40)46(43)44-39(47(37)34-16-10-7-11-17-34)24-32(29(3)4)26-41(44)49(42)36-20-14-9-15-21-36/h7-30H,1-6H3. The minimum absolute atomic E-state index is 0.437. The molecule has 0 aliphatic carbocycles. The van der Waals surface area contributed by atoms with Crippen LogP contribution in [0.4, 0.5) is 17.1 Å². The summed E-state index contributed by atoms with van der Waals surface area (Å²) in [6, 6.07) is 50.0. The summed E-state index contributed by atoms with van der Waals surface area (Å²) in [5.74, 6) is 1.31. The summed E-state index contributed by atoms with van der Waals surface area (Å²) in [6.07, 6.45) is 0. The van der Waals surface area contributed by atoms with Crippen LogP contribution in [0.1, 0.15) is 76.0 Å². The summed E-state index contributed by atoms with van der Waals surface area (Å²) in [5, 5.41) is 13.5. The van der Waals surface area contributed by atoms with Gasteiger partial charge in [0.15, 0.2) is 0 Å². The van der Waals surface area contributed by atoms with Crippen LogP contribution in [0.25, 0.3) is 0 Å². The molecule has 0 N–H and O–H groups in total. The molecule has 6 aromatic rings. The molecule has 0 saturated carbocycles. The van der Waals surface area contributed by atoms with E-state index in [0.717, 1.165) is 0 Å². The maximum atomic E-state index is 2.78. The van der Waals surface area contributed by atoms with Crippen molar-refractivity contribution in [3.8, 4) is 0 Å². The molecular weight excluding hydrogens is 647 g/mol. The second-order valence-electron chi connectivity index (χ2n) is 14.5. The molecule has 4 heteroatoms. The van der Waals surface area contributed by atoms with Crippen molar-refractivity contribution in [3.05, 3.63) is 144 Å². The molecular formula is C45H42NP3. The van der Waals surface area contributed by atoms with E-state index in [1.807, 2.05) is 0 Å². The van der Waals surface area contributed by atoms with Gasteiger partial charge in [-0.05, 0) is 111 Å². The van der Waals surface area contributed by atoms with Gasteiger partial charge < -0.3 is 4.90 Å². The number of benzene rings is 6. The molecule has 0 amide bonds. The van der Waals surface area contributed by atoms with Crippen molar-refractivity contribution >= 4 is 88.6 Å². The van der Waals surface area contributed by atoms with E-state index in [1.165, 1.54) is 81.5 Å². The van der Waals surface area contributed by atoms with E-state index in [4.69, 9.17) is 0 Å². The first-order chi connectivity index (χ1) is 23.8. The molecule has 0 unspecified atom stereocenters. The zero-order valence-corrected chi connectivity index (χ0v) is 31.8. The highest BCUT2D eigenvalue weighted by Crippen LogP contribution is 2.60. The Morgan fingerprint density at radius 2 is 0.571 bits per heavy atom. The number of nitrogens with zero attached hydrogens (tertiary/aromatic N) is 1. The molecule has 49 heavy (non-hydrogen) atoms. The minimum atomic E-state index is -0.785. The molecule has 3 heterocycles. The molecule has 6 aromatic carbocycles. The van der Waals surface area contributed by atoms with E-state index in [1.54, 1.807) is 0 Å². The highest BCUT2D eigenvalue weighted by Gasteiger charge is 2.48. The van der Waals surface area contributed by atoms with Crippen LogP contribution in [0.3, 0.4) is 0 Å². The van der Waals surface area contributed by atoms with Crippen LogP contribution in [0.5, 0.6) is 0 Å². The molecule has 0 bridgehead atoms. The maximum absolute atomic E-state index is 2.78. The fraction of sp³-hybridized carbons (Fsp3) is 0.200. The molecule has 0 spiro atoms. The normalized spacial score (nSPS) is 18.3. The summed E-state index contributed by atoms with van der Waals surface area (Å²) in [5.41, 5.74) is 8.77. The van der Waals surface area contributed by atoms with Gasteiger partial charge in [0.25, 0.3) is 0 Å². The maximum Gasteiger partial charge on any atom is 0.0629 e. The molecule has 0 fully saturated rings. The molecule has 3 aliphatic heterocycles. The van der Waals surface area contributed by atoms with E-state index in [9.17, 15) is 0 Å². The topological polar surface area (TPSA) is 3.24 Å². The lowest BCUT2D eigenvalue weighted by Gasteiger charge is -2.50. The Morgan fingerprint density at radius 3 is 0.776 bits per heavy atom. The summed E-state index contributed by atoms with van der Waals surface area (Å²) in [6.45, 7) is 14.2. The van der Waals surface area contributed by atoms with Crippen LogP contribution in [0, 0.1) is 0 Å². The highest BCUT2D eigenvalue weighted by atomic mass is 31.1. The van der Waals surface area contributed by atoms with Gasteiger partial charge in [-0.2, -0.15) is 0 Å². The number of hydrogen-bond donors (Lipinski definition) is 0. The fourth-order valence-corrected chi connectivity index (χ4v) is 16.3. The van der Waals surface area contributed by atoms with Gasteiger partial charge in [0.1, 0.15) is 0 Å². The Labute approximate surface area is 295 Å². The van der Waals surface area contributed by atoms with Crippen LogP contribution >= 0.6 is 23.8 Å². The first-order valence-electron chi connectivity index (χ1n) is 17.7. The van der Waals surface area contributed by atoms with Gasteiger partial charge >= 0.3 is 0 Å². The smallest absolute Gasteiger partial charge is 0.0629 e. The van der Waals surface area contributed by atoms with Gasteiger partial charge in [-0.15, -0.1) is 0 Å². The van der Waals surface area contributed by atoms with Gasteiger partial charge in [0, 0.05) is 31.8 Å². The quantitative estimate of drug-likeness (QED) is 0.158. The lowest BCUT2D eigenvalue weighted by Crippen LogP contribution is -2.51. The highest BCUT2D eigenvalue weighted by molar-refractivity contribution is 7.84. The lowest BCUT2D eigenvalue weighted by atomic mass is 9.99. The Bertz CT molecular complexity index is 1890. The van der Waals surface area contributed by atoms with E-state index in [2.05, 4.69) is 174 Å². The summed E-state index contributed by atoms with van der Waals surface area (Å²) >= 11 is 0. The van der Waals surface area contributed by atoms with Crippen LogP contribution in [0.2, 0.25) is 0 Å². The summed E-state index contributed by atoms with van der Waals surface area (Å²) in [7, 11) is -2.35. The van der Waals surface area contributed by atoms with Gasteiger partial charge in [0.05, 0.1) is 17.1 Å². The molecule has 9 rings (SSSR count). The van der Waals surface area contributed by atoms with Gasteiger partial charge in [-0.3, -0.25) is 0 Å². The first kappa shape index (κ1) is 31.4. The van der Waals surface area contributed by atoms with Crippen molar-refractivity contribution in [2.75, 3.05) is 4.90 Å². The van der Waals surface area contributed by atoms with Gasteiger partial charge in [-0.25, -0.2) is 0 Å². The van der Waals surface area contributed by atoms with Crippen LogP contribution < -0.4 is 52.6 Å². The molecule has 0 saturated heterocycles. The zero-order valence-electron chi connectivity index (χ0n) is 29.1. The number of rotatable bonds is 6. The van der Waals surface area contributed by atoms with Crippen molar-refractivity contribution in [1.82, 2.24) is 0 Å². The first-order valence-corrected chi connectivity index (χ1v) is 21.7. The van der Waals surface area contributed by atoms with Crippen molar-refractivity contribution in [1.29, 1.82) is 0 Å². The van der Waals surface area contributed by atoms with Crippen molar-refractivity contribution in [3.63, 3.8) is 0 Å². The van der Waals surface area contributed by atoms with Crippen molar-refractivity contribution in [2.45, 2.75) is 59.3 Å². The molecule has 3 aliphatic rings. The third-order valence-electron chi connectivity index (χ3n) is 10.4. The monoisotopic (exact) mass is 689 g/mol. The van der Waals surface area contributed by atoms with Gasteiger partial charge in [-0.1, -0.05) is 133 Å². The molecule has 242 valence electrons. The Hall–Kier alpha value is -3.59. The fourth-order valence-electron chi connectivity index (χ4n) is 7.88. The van der Waals surface area contributed by atoms with E-state index in [-0.39, 0.29) is 0 Å². The third kappa shape index (κ3) is 4.84. The molecule has 0 radical (unpaired) electrons. The van der Waals surface area contributed by atoms with Crippen LogP contribution in [-0.2, 0) is 0 Å². The summed E-state index contributed by atoms with van der Waals surface area (Å²) in [4.78, 5) is 2.78. The Morgan fingerprint density at radius 1 is 0.347 bits per heavy atom. The van der Waals surface area contributed by atoms with Crippen molar-refractivity contribution < 1.29 is 0 Å². The lowest BCUT2D eigenvalue weighted by molar-refractivity contribution is 0.867. The van der Waals surface area contributed by atoms with E-state index >= 15 is 0 Å². The average Bonchev–Trinajstić information content (AvgIpc) is 3.12. The second-order valence-corrected chi connectivity index (χ2v) is 21.0. The minimum Gasteiger partial charge on any atom is -0.306 e. The van der Waals surface area contributed by atoms with Crippen LogP contribution in [-0.4, -0.2) is 0 Å². The van der Waals surface area contributed by atoms with Crippen molar-refractivity contribution in [2.24, 2.45) is 0 Å². The second kappa shape index (κ2) is 12.0. The van der Waals surface area contributed by atoms with E-state index < -0.39 is 23.8 Å². The average molecular weight is 690 g/mol. The Kier molecular flexibility index (Phi) is 7.71. The SMILES string of the molecule is CC(C)c1cc2c3c(c1)P(c1ccccc1)c1cc(C(C)C)cc4c1N3c1c(cc(C(C)C)cc1P4c1ccccc1)P2c1ccccc1. The zero-order chi connectivity index (χ0) is 33.6. The summed E-state index contributed by atoms with van der Waals surface area (Å²) < 4.78 is 0. The largest absolute Gasteiger partial charge is 0.306 e. The molecule has 0 atom stereocenters. The third-order valence-corrected chi connectivity index (χ3v) is 17.8. The molecule has 1 nitrogen and oxygen atoms in total. The van der Waals surface area contributed by atoms with Crippen LogP contribution in [0.15, 0.2) is 127 Å². The van der Waals surface area contributed by atoms with Gasteiger partial charge in [0.2, 0.25) is 0 Å². The molecule has 0 aromatic heterocycles. The predicted octanol–water partition coefficient (Wildman–Crippen LogP) is 8.74. The predicted molar refractivity (Wildman–Crippen MR) is 220 cm³/mol.